The number of nitrogens with one attached hydrogen (secondary N) is 1. The van der Waals surface area contributed by atoms with Gasteiger partial charge >= 0.3 is 0 Å². The van der Waals surface area contributed by atoms with Crippen LogP contribution in [0.25, 0.3) is 0 Å². The van der Waals surface area contributed by atoms with Gasteiger partial charge in [0.2, 0.25) is 0 Å². The maximum absolute atomic E-state index is 8.59. The molecule has 3 N–H and O–H groups in total. The van der Waals surface area contributed by atoms with Gasteiger partial charge in [0.1, 0.15) is 11.9 Å². The summed E-state index contributed by atoms with van der Waals surface area (Å²) in [5.41, 5.74) is 6.44. The SMILES string of the molecule is CC(C)C(N)CNc1ccc(C#N)cn1. The molecule has 1 aromatic rings. The highest BCUT2D eigenvalue weighted by molar-refractivity contribution is 5.38. The highest BCUT2D eigenvalue weighted by Crippen LogP contribution is 2.05. The number of rotatable bonds is 4. The number of aromatic nitrogens is 1. The summed E-state index contributed by atoms with van der Waals surface area (Å²) in [6.45, 7) is 4.85. The molecule has 4 heteroatoms. The van der Waals surface area contributed by atoms with Gasteiger partial charge in [-0.1, -0.05) is 13.8 Å². The summed E-state index contributed by atoms with van der Waals surface area (Å²) in [5, 5.41) is 11.7. The summed E-state index contributed by atoms with van der Waals surface area (Å²) in [6.07, 6.45) is 1.54. The third-order valence-electron chi connectivity index (χ3n) is 2.27. The van der Waals surface area contributed by atoms with Gasteiger partial charge in [0.15, 0.2) is 0 Å². The van der Waals surface area contributed by atoms with Crippen molar-refractivity contribution in [3.63, 3.8) is 0 Å². The van der Waals surface area contributed by atoms with Gasteiger partial charge in [-0.05, 0) is 18.1 Å². The van der Waals surface area contributed by atoms with E-state index in [-0.39, 0.29) is 6.04 Å². The molecule has 0 amide bonds. The molecule has 0 radical (unpaired) electrons. The Balaban J connectivity index is 2.48. The largest absolute Gasteiger partial charge is 0.369 e. The molecule has 1 rings (SSSR count). The Morgan fingerprint density at radius 2 is 2.27 bits per heavy atom. The van der Waals surface area contributed by atoms with Crippen molar-refractivity contribution in [3.05, 3.63) is 23.9 Å². The van der Waals surface area contributed by atoms with E-state index in [0.717, 1.165) is 5.82 Å². The predicted octanol–water partition coefficient (Wildman–Crippen LogP) is 1.35. The summed E-state index contributed by atoms with van der Waals surface area (Å²) in [5.74, 6) is 1.20. The van der Waals surface area contributed by atoms with Gasteiger partial charge in [-0.25, -0.2) is 4.98 Å². The van der Waals surface area contributed by atoms with Crippen LogP contribution in [0.2, 0.25) is 0 Å². The average molecular weight is 204 g/mol. The van der Waals surface area contributed by atoms with Gasteiger partial charge < -0.3 is 11.1 Å². The molecule has 0 saturated carbocycles. The minimum Gasteiger partial charge on any atom is -0.369 e. The van der Waals surface area contributed by atoms with Crippen LogP contribution in [0.3, 0.4) is 0 Å². The fraction of sp³-hybridized carbons (Fsp3) is 0.455. The summed E-state index contributed by atoms with van der Waals surface area (Å²) in [6, 6.07) is 5.65. The first-order valence-electron chi connectivity index (χ1n) is 4.99. The minimum absolute atomic E-state index is 0.113. The third kappa shape index (κ3) is 3.56. The zero-order valence-electron chi connectivity index (χ0n) is 9.07. The molecule has 1 unspecified atom stereocenters. The standard InChI is InChI=1S/C11H16N4/c1-8(2)10(13)7-15-11-4-3-9(5-12)6-14-11/h3-4,6,8,10H,7,13H2,1-2H3,(H,14,15). The van der Waals surface area contributed by atoms with Crippen molar-refractivity contribution >= 4 is 5.82 Å². The molecule has 1 aromatic heterocycles. The van der Waals surface area contributed by atoms with E-state index >= 15 is 0 Å². The topological polar surface area (TPSA) is 74.7 Å². The molecule has 0 aliphatic carbocycles. The van der Waals surface area contributed by atoms with Gasteiger partial charge in [0.05, 0.1) is 5.56 Å². The van der Waals surface area contributed by atoms with Crippen molar-refractivity contribution in [1.29, 1.82) is 5.26 Å². The van der Waals surface area contributed by atoms with Crippen LogP contribution >= 0.6 is 0 Å². The second-order valence-electron chi connectivity index (χ2n) is 3.83. The first kappa shape index (κ1) is 11.5. The Labute approximate surface area is 90.1 Å². The summed E-state index contributed by atoms with van der Waals surface area (Å²) in [4.78, 5) is 4.09. The molecule has 0 spiro atoms. The molecule has 15 heavy (non-hydrogen) atoms. The van der Waals surface area contributed by atoms with Gasteiger partial charge in [-0.2, -0.15) is 5.26 Å². The van der Waals surface area contributed by atoms with Gasteiger partial charge in [-0.15, -0.1) is 0 Å². The van der Waals surface area contributed by atoms with E-state index in [1.165, 1.54) is 0 Å². The molecule has 0 saturated heterocycles. The molecule has 0 aromatic carbocycles. The molecular formula is C11H16N4. The lowest BCUT2D eigenvalue weighted by Gasteiger charge is -2.16. The lowest BCUT2D eigenvalue weighted by Crippen LogP contribution is -2.34. The molecular weight excluding hydrogens is 188 g/mol. The van der Waals surface area contributed by atoms with Gasteiger partial charge in [0.25, 0.3) is 0 Å². The Morgan fingerprint density at radius 1 is 1.53 bits per heavy atom. The molecule has 0 aliphatic heterocycles. The van der Waals surface area contributed by atoms with Crippen molar-refractivity contribution in [3.8, 4) is 6.07 Å². The first-order chi connectivity index (χ1) is 7.13. The quantitative estimate of drug-likeness (QED) is 0.776. The fourth-order valence-corrected chi connectivity index (χ4v) is 1.02. The van der Waals surface area contributed by atoms with Crippen LogP contribution in [0.5, 0.6) is 0 Å². The first-order valence-corrected chi connectivity index (χ1v) is 4.99. The predicted molar refractivity (Wildman–Crippen MR) is 60.3 cm³/mol. The number of hydrogen-bond acceptors (Lipinski definition) is 4. The van der Waals surface area contributed by atoms with Crippen molar-refractivity contribution in [1.82, 2.24) is 4.98 Å². The number of nitriles is 1. The van der Waals surface area contributed by atoms with Crippen LogP contribution in [0.4, 0.5) is 5.82 Å². The number of nitrogens with zero attached hydrogens (tertiary/aromatic N) is 2. The van der Waals surface area contributed by atoms with Crippen LogP contribution in [0, 0.1) is 17.2 Å². The minimum atomic E-state index is 0.113. The summed E-state index contributed by atoms with van der Waals surface area (Å²) >= 11 is 0. The lowest BCUT2D eigenvalue weighted by atomic mass is 10.1. The molecule has 80 valence electrons. The molecule has 0 bridgehead atoms. The second-order valence-corrected chi connectivity index (χ2v) is 3.83. The molecule has 0 fully saturated rings. The number of pyridine rings is 1. The van der Waals surface area contributed by atoms with E-state index in [2.05, 4.69) is 24.1 Å². The molecule has 1 atom stereocenters. The summed E-state index contributed by atoms with van der Waals surface area (Å²) < 4.78 is 0. The van der Waals surface area contributed by atoms with Crippen LogP contribution in [-0.4, -0.2) is 17.6 Å². The normalized spacial score (nSPS) is 12.2. The third-order valence-corrected chi connectivity index (χ3v) is 2.27. The zero-order chi connectivity index (χ0) is 11.3. The smallest absolute Gasteiger partial charge is 0.126 e. The molecule has 4 nitrogen and oxygen atoms in total. The Morgan fingerprint density at radius 3 is 2.73 bits per heavy atom. The molecule has 1 heterocycles. The lowest BCUT2D eigenvalue weighted by molar-refractivity contribution is 0.511. The van der Waals surface area contributed by atoms with Crippen LogP contribution in [0.1, 0.15) is 19.4 Å². The van der Waals surface area contributed by atoms with E-state index in [4.69, 9.17) is 11.0 Å². The monoisotopic (exact) mass is 204 g/mol. The van der Waals surface area contributed by atoms with Crippen LogP contribution in [0.15, 0.2) is 18.3 Å². The van der Waals surface area contributed by atoms with Crippen molar-refractivity contribution < 1.29 is 0 Å². The van der Waals surface area contributed by atoms with E-state index in [9.17, 15) is 0 Å². The van der Waals surface area contributed by atoms with E-state index in [1.807, 2.05) is 6.07 Å². The van der Waals surface area contributed by atoms with Crippen LogP contribution in [-0.2, 0) is 0 Å². The van der Waals surface area contributed by atoms with E-state index < -0.39 is 0 Å². The maximum Gasteiger partial charge on any atom is 0.126 e. The van der Waals surface area contributed by atoms with Gasteiger partial charge in [0, 0.05) is 18.8 Å². The number of hydrogen-bond donors (Lipinski definition) is 2. The van der Waals surface area contributed by atoms with Crippen molar-refractivity contribution in [2.45, 2.75) is 19.9 Å². The maximum atomic E-state index is 8.59. The Bertz CT molecular complexity index is 337. The van der Waals surface area contributed by atoms with Crippen molar-refractivity contribution in [2.24, 2.45) is 11.7 Å². The van der Waals surface area contributed by atoms with E-state index in [0.29, 0.717) is 18.0 Å². The van der Waals surface area contributed by atoms with E-state index in [1.54, 1.807) is 18.3 Å². The Kier molecular flexibility index (Phi) is 4.07. The fourth-order valence-electron chi connectivity index (χ4n) is 1.02. The van der Waals surface area contributed by atoms with Gasteiger partial charge in [-0.3, -0.25) is 0 Å². The second kappa shape index (κ2) is 5.32. The zero-order valence-corrected chi connectivity index (χ0v) is 9.07. The highest BCUT2D eigenvalue weighted by atomic mass is 15.0. The molecule has 0 aliphatic rings. The van der Waals surface area contributed by atoms with Crippen LogP contribution < -0.4 is 11.1 Å². The number of nitrogens with two attached hydrogens (primary N) is 1. The van der Waals surface area contributed by atoms with Crippen molar-refractivity contribution in [2.75, 3.05) is 11.9 Å². The summed E-state index contributed by atoms with van der Waals surface area (Å²) in [7, 11) is 0. The number of anilines is 1. The Hall–Kier alpha value is -1.60. The highest BCUT2D eigenvalue weighted by Gasteiger charge is 2.06. The average Bonchev–Trinajstić information content (AvgIpc) is 2.26.